The molecule has 0 saturated carbocycles. The molecular formula is C13H18N6O. The van der Waals surface area contributed by atoms with Crippen LogP contribution in [0.25, 0.3) is 0 Å². The van der Waals surface area contributed by atoms with Crippen molar-refractivity contribution in [2.45, 2.75) is 26.2 Å². The minimum absolute atomic E-state index is 0.642. The summed E-state index contributed by atoms with van der Waals surface area (Å²) in [5.41, 5.74) is 0. The van der Waals surface area contributed by atoms with Gasteiger partial charge in [-0.25, -0.2) is 9.97 Å². The smallest absolute Gasteiger partial charge is 0.228 e. The fourth-order valence-corrected chi connectivity index (χ4v) is 2.30. The maximum absolute atomic E-state index is 5.07. The summed E-state index contributed by atoms with van der Waals surface area (Å²) in [6, 6.07) is 1.99. The number of anilines is 2. The van der Waals surface area contributed by atoms with Gasteiger partial charge in [-0.05, 0) is 19.8 Å². The summed E-state index contributed by atoms with van der Waals surface area (Å²) >= 11 is 0. The monoisotopic (exact) mass is 274 g/mol. The second-order valence-electron chi connectivity index (χ2n) is 4.87. The van der Waals surface area contributed by atoms with Gasteiger partial charge in [-0.1, -0.05) is 5.16 Å². The van der Waals surface area contributed by atoms with E-state index in [1.807, 2.05) is 13.0 Å². The van der Waals surface area contributed by atoms with E-state index in [2.05, 4.69) is 30.3 Å². The van der Waals surface area contributed by atoms with Gasteiger partial charge < -0.3 is 14.7 Å². The van der Waals surface area contributed by atoms with Crippen LogP contribution in [0.15, 0.2) is 16.9 Å². The lowest BCUT2D eigenvalue weighted by molar-refractivity contribution is 0.377. The van der Waals surface area contributed by atoms with Crippen molar-refractivity contribution in [1.29, 1.82) is 0 Å². The molecule has 2 aromatic rings. The Morgan fingerprint density at radius 3 is 2.90 bits per heavy atom. The summed E-state index contributed by atoms with van der Waals surface area (Å²) < 4.78 is 5.07. The van der Waals surface area contributed by atoms with Crippen LogP contribution in [0, 0.1) is 6.92 Å². The standard InChI is InChI=1S/C13H18N6O/c1-10-17-13(20-18-10)4-5-14-11-8-12(16-9-15-11)19-6-2-3-7-19/h8-9H,2-7H2,1H3,(H,14,15,16). The molecule has 3 rings (SSSR count). The first kappa shape index (κ1) is 12.8. The molecule has 7 nitrogen and oxygen atoms in total. The van der Waals surface area contributed by atoms with Crippen molar-refractivity contribution in [2.75, 3.05) is 29.9 Å². The zero-order chi connectivity index (χ0) is 13.8. The van der Waals surface area contributed by atoms with Gasteiger partial charge in [0.15, 0.2) is 5.82 Å². The number of hydrogen-bond donors (Lipinski definition) is 1. The number of hydrogen-bond acceptors (Lipinski definition) is 7. The quantitative estimate of drug-likeness (QED) is 0.883. The van der Waals surface area contributed by atoms with Gasteiger partial charge in [0.1, 0.15) is 18.0 Å². The molecule has 0 bridgehead atoms. The third kappa shape index (κ3) is 3.04. The second kappa shape index (κ2) is 5.85. The molecule has 0 spiro atoms. The predicted molar refractivity (Wildman–Crippen MR) is 74.7 cm³/mol. The van der Waals surface area contributed by atoms with E-state index in [1.165, 1.54) is 12.8 Å². The predicted octanol–water partition coefficient (Wildman–Crippen LogP) is 1.42. The third-order valence-corrected chi connectivity index (χ3v) is 3.30. The van der Waals surface area contributed by atoms with Gasteiger partial charge in [0.25, 0.3) is 0 Å². The van der Waals surface area contributed by atoms with Gasteiger partial charge in [0.2, 0.25) is 5.89 Å². The second-order valence-corrected chi connectivity index (χ2v) is 4.87. The molecular weight excluding hydrogens is 256 g/mol. The van der Waals surface area contributed by atoms with E-state index in [0.717, 1.165) is 24.7 Å². The number of aryl methyl sites for hydroxylation is 1. The third-order valence-electron chi connectivity index (χ3n) is 3.30. The maximum Gasteiger partial charge on any atom is 0.228 e. The lowest BCUT2D eigenvalue weighted by atomic mass is 10.4. The van der Waals surface area contributed by atoms with Crippen molar-refractivity contribution in [3.8, 4) is 0 Å². The first-order valence-corrected chi connectivity index (χ1v) is 6.91. The van der Waals surface area contributed by atoms with Crippen molar-refractivity contribution >= 4 is 11.6 Å². The van der Waals surface area contributed by atoms with Gasteiger partial charge in [-0.15, -0.1) is 0 Å². The molecule has 0 atom stereocenters. The SMILES string of the molecule is Cc1noc(CCNc2cc(N3CCCC3)ncn2)n1. The normalized spacial score (nSPS) is 14.8. The van der Waals surface area contributed by atoms with Crippen molar-refractivity contribution in [3.63, 3.8) is 0 Å². The van der Waals surface area contributed by atoms with Crippen LogP contribution >= 0.6 is 0 Å². The molecule has 1 aliphatic heterocycles. The molecule has 3 heterocycles. The average Bonchev–Trinajstić information content (AvgIpc) is 3.11. The van der Waals surface area contributed by atoms with E-state index in [9.17, 15) is 0 Å². The number of aromatic nitrogens is 4. The largest absolute Gasteiger partial charge is 0.369 e. The van der Waals surface area contributed by atoms with Gasteiger partial charge in [-0.2, -0.15) is 4.98 Å². The molecule has 0 unspecified atom stereocenters. The Labute approximate surface area is 117 Å². The zero-order valence-electron chi connectivity index (χ0n) is 11.5. The van der Waals surface area contributed by atoms with E-state index >= 15 is 0 Å². The van der Waals surface area contributed by atoms with E-state index in [1.54, 1.807) is 6.33 Å². The highest BCUT2D eigenvalue weighted by Gasteiger charge is 2.13. The van der Waals surface area contributed by atoms with Crippen LogP contribution in [0.2, 0.25) is 0 Å². The van der Waals surface area contributed by atoms with Crippen molar-refractivity contribution in [2.24, 2.45) is 0 Å². The van der Waals surface area contributed by atoms with Crippen LogP contribution in [-0.4, -0.2) is 39.7 Å². The summed E-state index contributed by atoms with van der Waals surface area (Å²) in [5.74, 6) is 3.13. The number of rotatable bonds is 5. The Bertz CT molecular complexity index is 563. The minimum atomic E-state index is 0.642. The van der Waals surface area contributed by atoms with Gasteiger partial charge in [0, 0.05) is 32.1 Å². The van der Waals surface area contributed by atoms with Crippen LogP contribution in [0.1, 0.15) is 24.6 Å². The molecule has 0 aromatic carbocycles. The molecule has 1 N–H and O–H groups in total. The van der Waals surface area contributed by atoms with Crippen LogP contribution in [0.4, 0.5) is 11.6 Å². The van der Waals surface area contributed by atoms with Crippen LogP contribution in [0.3, 0.4) is 0 Å². The lowest BCUT2D eigenvalue weighted by Gasteiger charge is -2.16. The molecule has 0 amide bonds. The molecule has 1 saturated heterocycles. The summed E-state index contributed by atoms with van der Waals surface area (Å²) in [5, 5.41) is 7.02. The fourth-order valence-electron chi connectivity index (χ4n) is 2.30. The molecule has 20 heavy (non-hydrogen) atoms. The van der Waals surface area contributed by atoms with E-state index in [-0.39, 0.29) is 0 Å². The molecule has 2 aromatic heterocycles. The highest BCUT2D eigenvalue weighted by atomic mass is 16.5. The Hall–Kier alpha value is -2.18. The molecule has 106 valence electrons. The van der Waals surface area contributed by atoms with Gasteiger partial charge in [0.05, 0.1) is 0 Å². The first-order chi connectivity index (χ1) is 9.81. The molecule has 1 fully saturated rings. The van der Waals surface area contributed by atoms with E-state index in [4.69, 9.17) is 4.52 Å². The van der Waals surface area contributed by atoms with E-state index < -0.39 is 0 Å². The lowest BCUT2D eigenvalue weighted by Crippen LogP contribution is -2.19. The fraction of sp³-hybridized carbons (Fsp3) is 0.538. The van der Waals surface area contributed by atoms with Gasteiger partial charge >= 0.3 is 0 Å². The number of nitrogens with zero attached hydrogens (tertiary/aromatic N) is 5. The first-order valence-electron chi connectivity index (χ1n) is 6.91. The summed E-state index contributed by atoms with van der Waals surface area (Å²) in [6.45, 7) is 4.68. The Morgan fingerprint density at radius 2 is 2.15 bits per heavy atom. The summed E-state index contributed by atoms with van der Waals surface area (Å²) in [6.07, 6.45) is 4.77. The van der Waals surface area contributed by atoms with Crippen molar-refractivity contribution in [1.82, 2.24) is 20.1 Å². The Kier molecular flexibility index (Phi) is 3.76. The Balaban J connectivity index is 1.55. The topological polar surface area (TPSA) is 80.0 Å². The van der Waals surface area contributed by atoms with Gasteiger partial charge in [-0.3, -0.25) is 0 Å². The van der Waals surface area contributed by atoms with Crippen molar-refractivity contribution in [3.05, 3.63) is 24.1 Å². The molecule has 0 aliphatic carbocycles. The zero-order valence-corrected chi connectivity index (χ0v) is 11.5. The van der Waals surface area contributed by atoms with Crippen molar-refractivity contribution < 1.29 is 4.52 Å². The number of nitrogens with one attached hydrogen (secondary N) is 1. The van der Waals surface area contributed by atoms with Crippen LogP contribution in [0.5, 0.6) is 0 Å². The summed E-state index contributed by atoms with van der Waals surface area (Å²) in [7, 11) is 0. The molecule has 7 heteroatoms. The van der Waals surface area contributed by atoms with Crippen LogP contribution < -0.4 is 10.2 Å². The highest BCUT2D eigenvalue weighted by Crippen LogP contribution is 2.19. The minimum Gasteiger partial charge on any atom is -0.369 e. The van der Waals surface area contributed by atoms with Crippen LogP contribution in [-0.2, 0) is 6.42 Å². The Morgan fingerprint density at radius 1 is 1.30 bits per heavy atom. The molecule has 1 aliphatic rings. The summed E-state index contributed by atoms with van der Waals surface area (Å²) in [4.78, 5) is 15.0. The average molecular weight is 274 g/mol. The maximum atomic E-state index is 5.07. The highest BCUT2D eigenvalue weighted by molar-refractivity contribution is 5.48. The molecule has 0 radical (unpaired) electrons. The van der Waals surface area contributed by atoms with E-state index in [0.29, 0.717) is 24.7 Å².